The van der Waals surface area contributed by atoms with Crippen LogP contribution in [-0.4, -0.2) is 0 Å². The third kappa shape index (κ3) is 3.33. The van der Waals surface area contributed by atoms with E-state index in [0.717, 1.165) is 12.0 Å². The Labute approximate surface area is 129 Å². The molecule has 1 radical (unpaired) electrons. The normalized spacial score (nSPS) is 17.2. The summed E-state index contributed by atoms with van der Waals surface area (Å²) in [7, 11) is 0. The number of hydrogen-bond donors (Lipinski definition) is 0. The zero-order chi connectivity index (χ0) is 9.42. The van der Waals surface area contributed by atoms with Gasteiger partial charge in [0.05, 0.1) is 0 Å². The summed E-state index contributed by atoms with van der Waals surface area (Å²) in [6.07, 6.45) is 10.8. The van der Waals surface area contributed by atoms with E-state index in [9.17, 15) is 0 Å². The molecule has 0 saturated carbocycles. The molecule has 0 N–H and O–H groups in total. The first-order chi connectivity index (χ1) is 6.20. The van der Waals surface area contributed by atoms with Crippen molar-refractivity contribution in [1.82, 2.24) is 0 Å². The zero-order valence-corrected chi connectivity index (χ0v) is 13.4. The SMILES string of the molecule is C=C1[C-]=C(C2=CC=CC2)C(C)=C1C.[Cl-].[Cl-].[Zr+3]. The first-order valence-electron chi connectivity index (χ1n) is 4.57. The first-order valence-corrected chi connectivity index (χ1v) is 4.57. The Hall–Kier alpha value is 0.163. The van der Waals surface area contributed by atoms with Crippen molar-refractivity contribution in [3.63, 3.8) is 0 Å². The maximum Gasteiger partial charge on any atom is 3.00 e. The fraction of sp³-hybridized carbons (Fsp3) is 0.231. The Bertz CT molecular complexity index is 398. The minimum atomic E-state index is 0. The van der Waals surface area contributed by atoms with E-state index in [1.54, 1.807) is 0 Å². The van der Waals surface area contributed by atoms with Crippen LogP contribution in [0.5, 0.6) is 0 Å². The van der Waals surface area contributed by atoms with E-state index in [1.165, 1.54) is 22.3 Å². The third-order valence-corrected chi connectivity index (χ3v) is 2.76. The molecule has 0 saturated heterocycles. The van der Waals surface area contributed by atoms with Gasteiger partial charge in [0.1, 0.15) is 0 Å². The van der Waals surface area contributed by atoms with Gasteiger partial charge in [-0.05, 0) is 6.42 Å². The van der Waals surface area contributed by atoms with Crippen molar-refractivity contribution in [3.8, 4) is 0 Å². The van der Waals surface area contributed by atoms with Gasteiger partial charge in [0.15, 0.2) is 0 Å². The van der Waals surface area contributed by atoms with Crippen LogP contribution in [0.2, 0.25) is 0 Å². The van der Waals surface area contributed by atoms with Crippen LogP contribution in [-0.2, 0) is 26.2 Å². The van der Waals surface area contributed by atoms with Gasteiger partial charge in [-0.1, -0.05) is 32.1 Å². The number of rotatable bonds is 1. The maximum absolute atomic E-state index is 3.97. The van der Waals surface area contributed by atoms with Crippen LogP contribution in [0, 0.1) is 6.08 Å². The molecule has 2 aliphatic rings. The van der Waals surface area contributed by atoms with E-state index in [0.29, 0.717) is 0 Å². The van der Waals surface area contributed by atoms with Gasteiger partial charge < -0.3 is 24.8 Å². The van der Waals surface area contributed by atoms with E-state index in [-0.39, 0.29) is 51.0 Å². The van der Waals surface area contributed by atoms with Crippen molar-refractivity contribution < 1.29 is 51.0 Å². The molecule has 0 unspecified atom stereocenters. The standard InChI is InChI=1S/C13H13.2ClH.Zr/c1-9-8-13(11(3)10(9)2)12-6-4-5-7-12;;;/h4-6H,1,7H2,2-3H3;2*1H;/q-1;;;+3/p-2. The monoisotopic (exact) mass is 329 g/mol. The molecule has 0 spiro atoms. The molecular formula is C13H13Cl2Zr. The molecule has 0 aromatic carbocycles. The van der Waals surface area contributed by atoms with Gasteiger partial charge in [0.2, 0.25) is 0 Å². The van der Waals surface area contributed by atoms with Gasteiger partial charge in [-0.3, -0.25) is 0 Å². The molecule has 0 aromatic heterocycles. The van der Waals surface area contributed by atoms with Crippen molar-refractivity contribution in [2.24, 2.45) is 0 Å². The molecular weight excluding hydrogens is 318 g/mol. The molecule has 16 heavy (non-hydrogen) atoms. The second-order valence-corrected chi connectivity index (χ2v) is 3.55. The number of hydrogen-bond acceptors (Lipinski definition) is 0. The average molecular weight is 331 g/mol. The summed E-state index contributed by atoms with van der Waals surface area (Å²) in [6.45, 7) is 8.23. The molecule has 2 rings (SSSR count). The second-order valence-electron chi connectivity index (χ2n) is 3.55. The average Bonchev–Trinajstić information content (AvgIpc) is 2.70. The van der Waals surface area contributed by atoms with E-state index >= 15 is 0 Å². The van der Waals surface area contributed by atoms with E-state index < -0.39 is 0 Å². The van der Waals surface area contributed by atoms with Crippen LogP contribution in [0.4, 0.5) is 0 Å². The Morgan fingerprint density at radius 2 is 1.81 bits per heavy atom. The van der Waals surface area contributed by atoms with Crippen molar-refractivity contribution in [1.29, 1.82) is 0 Å². The van der Waals surface area contributed by atoms with Gasteiger partial charge in [-0.15, -0.1) is 33.9 Å². The van der Waals surface area contributed by atoms with Gasteiger partial charge in [-0.25, -0.2) is 0 Å². The summed E-state index contributed by atoms with van der Waals surface area (Å²) < 4.78 is 0. The van der Waals surface area contributed by atoms with Crippen LogP contribution >= 0.6 is 0 Å². The van der Waals surface area contributed by atoms with Gasteiger partial charge in [0.25, 0.3) is 0 Å². The van der Waals surface area contributed by atoms with Crippen molar-refractivity contribution in [3.05, 3.63) is 58.7 Å². The molecule has 0 atom stereocenters. The molecule has 0 fully saturated rings. The minimum Gasteiger partial charge on any atom is -1.00 e. The van der Waals surface area contributed by atoms with E-state index in [1.807, 2.05) is 0 Å². The molecule has 83 valence electrons. The van der Waals surface area contributed by atoms with Crippen LogP contribution < -0.4 is 24.8 Å². The van der Waals surface area contributed by atoms with Gasteiger partial charge in [-0.2, -0.15) is 6.58 Å². The Morgan fingerprint density at radius 3 is 2.19 bits per heavy atom. The second kappa shape index (κ2) is 7.48. The first kappa shape index (κ1) is 18.5. The topological polar surface area (TPSA) is 0 Å². The fourth-order valence-electron chi connectivity index (χ4n) is 1.71. The molecule has 0 nitrogen and oxygen atoms in total. The van der Waals surface area contributed by atoms with E-state index in [4.69, 9.17) is 0 Å². The van der Waals surface area contributed by atoms with Crippen LogP contribution in [0.15, 0.2) is 52.7 Å². The molecule has 0 amide bonds. The fourth-order valence-corrected chi connectivity index (χ4v) is 1.71. The summed E-state index contributed by atoms with van der Waals surface area (Å²) in [5.74, 6) is 0. The predicted molar refractivity (Wildman–Crippen MR) is 56.1 cm³/mol. The van der Waals surface area contributed by atoms with Crippen LogP contribution in [0.25, 0.3) is 0 Å². The molecule has 0 heterocycles. The third-order valence-electron chi connectivity index (χ3n) is 2.76. The summed E-state index contributed by atoms with van der Waals surface area (Å²) in [4.78, 5) is 0. The van der Waals surface area contributed by atoms with Gasteiger partial charge in [0, 0.05) is 0 Å². The molecule has 0 bridgehead atoms. The summed E-state index contributed by atoms with van der Waals surface area (Å²) >= 11 is 0. The molecule has 2 aliphatic carbocycles. The maximum atomic E-state index is 3.97. The summed E-state index contributed by atoms with van der Waals surface area (Å²) in [5, 5.41) is 0. The van der Waals surface area contributed by atoms with Crippen LogP contribution in [0.3, 0.4) is 0 Å². The predicted octanol–water partition coefficient (Wildman–Crippen LogP) is -2.49. The van der Waals surface area contributed by atoms with Gasteiger partial charge >= 0.3 is 26.2 Å². The Morgan fingerprint density at radius 1 is 1.19 bits per heavy atom. The zero-order valence-electron chi connectivity index (χ0n) is 9.40. The van der Waals surface area contributed by atoms with Crippen LogP contribution in [0.1, 0.15) is 20.3 Å². The summed E-state index contributed by atoms with van der Waals surface area (Å²) in [5.41, 5.74) is 6.28. The van der Waals surface area contributed by atoms with Crippen molar-refractivity contribution >= 4 is 0 Å². The van der Waals surface area contributed by atoms with Crippen molar-refractivity contribution in [2.75, 3.05) is 0 Å². The smallest absolute Gasteiger partial charge is 1.00 e. The molecule has 3 heteroatoms. The largest absolute Gasteiger partial charge is 3.00 e. The number of allylic oxidation sites excluding steroid dienone is 9. The molecule has 0 aromatic rings. The Kier molecular flexibility index (Phi) is 8.66. The van der Waals surface area contributed by atoms with Crippen molar-refractivity contribution in [2.45, 2.75) is 20.3 Å². The van der Waals surface area contributed by atoms with E-state index in [2.05, 4.69) is 44.7 Å². The molecule has 0 aliphatic heterocycles. The summed E-state index contributed by atoms with van der Waals surface area (Å²) in [6, 6.07) is 0. The quantitative estimate of drug-likeness (QED) is 0.467. The Balaban J connectivity index is 0. The minimum absolute atomic E-state index is 0. The number of halogens is 2.